The summed E-state index contributed by atoms with van der Waals surface area (Å²) >= 11 is 1.40. The summed E-state index contributed by atoms with van der Waals surface area (Å²) in [6.45, 7) is 1.42. The molecule has 0 spiro atoms. The van der Waals surface area contributed by atoms with Gasteiger partial charge < -0.3 is 10.6 Å². The molecule has 4 rings (SSSR count). The molecule has 2 heterocycles. The van der Waals surface area contributed by atoms with Crippen LogP contribution in [0.4, 0.5) is 17.1 Å². The van der Waals surface area contributed by atoms with Crippen molar-refractivity contribution in [2.24, 2.45) is 0 Å². The molecule has 0 saturated heterocycles. The van der Waals surface area contributed by atoms with Gasteiger partial charge in [0.1, 0.15) is 5.70 Å². The van der Waals surface area contributed by atoms with E-state index in [1.165, 1.54) is 18.3 Å². The molecule has 2 N–H and O–H groups in total. The minimum Gasteiger partial charge on any atom is -0.350 e. The molecule has 0 fully saturated rings. The fourth-order valence-electron chi connectivity index (χ4n) is 3.09. The molecule has 1 aromatic heterocycles. The molecular weight excluding hydrogens is 386 g/mol. The Morgan fingerprint density at radius 1 is 0.862 bits per heavy atom. The number of imide groups is 1. The van der Waals surface area contributed by atoms with Crippen LogP contribution in [0.3, 0.4) is 0 Å². The van der Waals surface area contributed by atoms with Gasteiger partial charge in [0.05, 0.1) is 11.3 Å². The van der Waals surface area contributed by atoms with Crippen LogP contribution >= 0.6 is 11.3 Å². The molecule has 144 valence electrons. The van der Waals surface area contributed by atoms with Gasteiger partial charge in [-0.15, -0.1) is 11.3 Å². The number of hydrogen-bond donors (Lipinski definition) is 2. The summed E-state index contributed by atoms with van der Waals surface area (Å²) in [5, 5.41) is 7.65. The zero-order valence-corrected chi connectivity index (χ0v) is 16.3. The number of thiophene rings is 1. The molecule has 1 aliphatic heterocycles. The van der Waals surface area contributed by atoms with Gasteiger partial charge in [0, 0.05) is 23.2 Å². The summed E-state index contributed by atoms with van der Waals surface area (Å²) in [5.74, 6) is -1.00. The monoisotopic (exact) mass is 403 g/mol. The molecule has 29 heavy (non-hydrogen) atoms. The summed E-state index contributed by atoms with van der Waals surface area (Å²) in [4.78, 5) is 39.5. The standard InChI is InChI=1S/C22H17N3O3S/c1-14(26)23-16-9-11-17(12-10-16)25-21(27)19(18-8-5-13-29-18)20(22(25)28)24-15-6-3-2-4-7-15/h2-13,24H,1H3,(H,23,26). The molecule has 2 aromatic carbocycles. The summed E-state index contributed by atoms with van der Waals surface area (Å²) in [5.41, 5.74) is 2.34. The molecule has 0 atom stereocenters. The highest BCUT2D eigenvalue weighted by Gasteiger charge is 2.40. The van der Waals surface area contributed by atoms with Crippen LogP contribution in [0, 0.1) is 0 Å². The number of carbonyl (C=O) groups is 3. The van der Waals surface area contributed by atoms with Crippen LogP contribution in [0.25, 0.3) is 5.57 Å². The molecule has 0 saturated carbocycles. The molecule has 0 bridgehead atoms. The maximum absolute atomic E-state index is 13.2. The Labute approximate surface area is 171 Å². The average Bonchev–Trinajstić information content (AvgIpc) is 3.30. The van der Waals surface area contributed by atoms with Crippen molar-refractivity contribution in [3.8, 4) is 0 Å². The Bertz CT molecular complexity index is 1100. The largest absolute Gasteiger partial charge is 0.350 e. The van der Waals surface area contributed by atoms with E-state index in [0.717, 1.165) is 15.5 Å². The molecule has 7 heteroatoms. The van der Waals surface area contributed by atoms with Gasteiger partial charge in [-0.25, -0.2) is 4.90 Å². The topological polar surface area (TPSA) is 78.5 Å². The third-order valence-corrected chi connectivity index (χ3v) is 5.23. The fourth-order valence-corrected chi connectivity index (χ4v) is 3.86. The first-order valence-electron chi connectivity index (χ1n) is 8.91. The van der Waals surface area contributed by atoms with E-state index in [1.54, 1.807) is 24.3 Å². The number of hydrogen-bond acceptors (Lipinski definition) is 5. The number of para-hydroxylation sites is 1. The van der Waals surface area contributed by atoms with E-state index >= 15 is 0 Å². The van der Waals surface area contributed by atoms with Gasteiger partial charge in [-0.05, 0) is 47.8 Å². The number of amides is 3. The third kappa shape index (κ3) is 3.68. The minimum atomic E-state index is -0.422. The maximum Gasteiger partial charge on any atom is 0.282 e. The Balaban J connectivity index is 1.71. The molecule has 1 aliphatic rings. The predicted molar refractivity (Wildman–Crippen MR) is 115 cm³/mol. The zero-order chi connectivity index (χ0) is 20.4. The highest BCUT2D eigenvalue weighted by atomic mass is 32.1. The normalized spacial score (nSPS) is 13.8. The van der Waals surface area contributed by atoms with E-state index in [-0.39, 0.29) is 17.5 Å². The molecule has 3 amide bonds. The number of nitrogens with one attached hydrogen (secondary N) is 2. The third-order valence-electron chi connectivity index (χ3n) is 4.34. The van der Waals surface area contributed by atoms with Gasteiger partial charge in [-0.1, -0.05) is 24.3 Å². The van der Waals surface area contributed by atoms with Crippen LogP contribution in [0.2, 0.25) is 0 Å². The van der Waals surface area contributed by atoms with E-state index < -0.39 is 5.91 Å². The van der Waals surface area contributed by atoms with Crippen molar-refractivity contribution >= 4 is 51.7 Å². The highest BCUT2D eigenvalue weighted by Crippen LogP contribution is 2.35. The zero-order valence-electron chi connectivity index (χ0n) is 15.5. The van der Waals surface area contributed by atoms with Crippen LogP contribution in [0.5, 0.6) is 0 Å². The minimum absolute atomic E-state index is 0.193. The second-order valence-corrected chi connectivity index (χ2v) is 7.34. The van der Waals surface area contributed by atoms with E-state index in [1.807, 2.05) is 47.8 Å². The fraction of sp³-hybridized carbons (Fsp3) is 0.0455. The van der Waals surface area contributed by atoms with Gasteiger partial charge >= 0.3 is 0 Å². The van der Waals surface area contributed by atoms with E-state index in [2.05, 4.69) is 10.6 Å². The lowest BCUT2D eigenvalue weighted by Crippen LogP contribution is -2.32. The Morgan fingerprint density at radius 3 is 2.21 bits per heavy atom. The van der Waals surface area contributed by atoms with Crippen molar-refractivity contribution in [2.45, 2.75) is 6.92 Å². The summed E-state index contributed by atoms with van der Waals surface area (Å²) in [6, 6.07) is 19.5. The maximum atomic E-state index is 13.2. The van der Waals surface area contributed by atoms with Crippen LogP contribution in [-0.2, 0) is 14.4 Å². The SMILES string of the molecule is CC(=O)Nc1ccc(N2C(=O)C(Nc3ccccc3)=C(c3cccs3)C2=O)cc1. The van der Waals surface area contributed by atoms with Crippen LogP contribution in [0.15, 0.2) is 77.8 Å². The first-order chi connectivity index (χ1) is 14.0. The predicted octanol–water partition coefficient (Wildman–Crippen LogP) is 4.10. The molecule has 3 aromatic rings. The summed E-state index contributed by atoms with van der Waals surface area (Å²) < 4.78 is 0. The van der Waals surface area contributed by atoms with Gasteiger partial charge in [0.25, 0.3) is 11.8 Å². The smallest absolute Gasteiger partial charge is 0.282 e. The van der Waals surface area contributed by atoms with Crippen molar-refractivity contribution in [1.82, 2.24) is 0 Å². The van der Waals surface area contributed by atoms with Crippen molar-refractivity contribution in [2.75, 3.05) is 15.5 Å². The Morgan fingerprint density at radius 2 is 1.59 bits per heavy atom. The van der Waals surface area contributed by atoms with E-state index in [0.29, 0.717) is 16.9 Å². The van der Waals surface area contributed by atoms with Gasteiger partial charge in [0.15, 0.2) is 0 Å². The van der Waals surface area contributed by atoms with Gasteiger partial charge in [-0.2, -0.15) is 0 Å². The van der Waals surface area contributed by atoms with Crippen molar-refractivity contribution in [3.05, 3.63) is 82.7 Å². The van der Waals surface area contributed by atoms with Crippen LogP contribution < -0.4 is 15.5 Å². The first kappa shape index (κ1) is 18.6. The van der Waals surface area contributed by atoms with E-state index in [9.17, 15) is 14.4 Å². The highest BCUT2D eigenvalue weighted by molar-refractivity contribution is 7.11. The van der Waals surface area contributed by atoms with Crippen LogP contribution in [-0.4, -0.2) is 17.7 Å². The lowest BCUT2D eigenvalue weighted by molar-refractivity contribution is -0.120. The summed E-state index contributed by atoms with van der Waals surface area (Å²) in [7, 11) is 0. The quantitative estimate of drug-likeness (QED) is 0.629. The molecule has 6 nitrogen and oxygen atoms in total. The second kappa shape index (κ2) is 7.73. The number of rotatable bonds is 5. The van der Waals surface area contributed by atoms with Gasteiger partial charge in [-0.3, -0.25) is 14.4 Å². The molecule has 0 radical (unpaired) electrons. The lowest BCUT2D eigenvalue weighted by atomic mass is 10.2. The number of carbonyl (C=O) groups excluding carboxylic acids is 3. The second-order valence-electron chi connectivity index (χ2n) is 6.39. The first-order valence-corrected chi connectivity index (χ1v) is 9.79. The molecule has 0 aliphatic carbocycles. The molecule has 0 unspecified atom stereocenters. The Hall–Kier alpha value is -3.71. The lowest BCUT2D eigenvalue weighted by Gasteiger charge is -2.16. The Kier molecular flexibility index (Phi) is 4.97. The van der Waals surface area contributed by atoms with Crippen molar-refractivity contribution in [1.29, 1.82) is 0 Å². The van der Waals surface area contributed by atoms with Gasteiger partial charge in [0.2, 0.25) is 5.91 Å². The van der Waals surface area contributed by atoms with Crippen molar-refractivity contribution < 1.29 is 14.4 Å². The molecular formula is C22H17N3O3S. The number of anilines is 3. The van der Waals surface area contributed by atoms with Crippen LogP contribution in [0.1, 0.15) is 11.8 Å². The van der Waals surface area contributed by atoms with Crippen molar-refractivity contribution in [3.63, 3.8) is 0 Å². The van der Waals surface area contributed by atoms with E-state index in [4.69, 9.17) is 0 Å². The average molecular weight is 403 g/mol. The summed E-state index contributed by atoms with van der Waals surface area (Å²) in [6.07, 6.45) is 0. The number of benzene rings is 2. The number of nitrogens with zero attached hydrogens (tertiary/aromatic N) is 1.